The lowest BCUT2D eigenvalue weighted by molar-refractivity contribution is -0.125. The van der Waals surface area contributed by atoms with Crippen molar-refractivity contribution in [1.82, 2.24) is 10.6 Å². The first-order chi connectivity index (χ1) is 14.7. The number of ether oxygens (including phenoxy) is 2. The number of hydrogen-bond donors (Lipinski definition) is 3. The summed E-state index contributed by atoms with van der Waals surface area (Å²) < 4.78 is 10.3. The normalized spacial score (nSPS) is 11.7. The average Bonchev–Trinajstić information content (AvgIpc) is 2.71. The summed E-state index contributed by atoms with van der Waals surface area (Å²) >= 11 is 0. The van der Waals surface area contributed by atoms with Gasteiger partial charge in [-0.1, -0.05) is 30.3 Å². The van der Waals surface area contributed by atoms with Crippen LogP contribution in [0.15, 0.2) is 54.6 Å². The van der Waals surface area contributed by atoms with Gasteiger partial charge in [0.05, 0.1) is 13.7 Å². The molecule has 3 amide bonds. The summed E-state index contributed by atoms with van der Waals surface area (Å²) in [6.45, 7) is 4.97. The highest BCUT2D eigenvalue weighted by atomic mass is 16.6. The molecule has 8 heteroatoms. The summed E-state index contributed by atoms with van der Waals surface area (Å²) in [5.41, 5.74) is 0.741. The molecule has 166 valence electrons. The lowest BCUT2D eigenvalue weighted by atomic mass is 10.1. The molecule has 0 saturated heterocycles. The Morgan fingerprint density at radius 2 is 1.61 bits per heavy atom. The maximum atomic E-state index is 12.7. The molecule has 1 atom stereocenters. The smallest absolute Gasteiger partial charge is 0.408 e. The number of methoxy groups -OCH3 is 1. The van der Waals surface area contributed by atoms with Crippen LogP contribution in [-0.2, 0) is 20.7 Å². The van der Waals surface area contributed by atoms with E-state index >= 15 is 0 Å². The fraction of sp³-hybridized carbons (Fsp3) is 0.348. The number of carbonyl (C=O) groups is 3. The van der Waals surface area contributed by atoms with Crippen LogP contribution in [0.1, 0.15) is 26.3 Å². The van der Waals surface area contributed by atoms with Gasteiger partial charge in [0.25, 0.3) is 0 Å². The number of carbonyl (C=O) groups excluding carboxylic acids is 3. The highest BCUT2D eigenvalue weighted by Gasteiger charge is 2.25. The van der Waals surface area contributed by atoms with Crippen LogP contribution in [0.3, 0.4) is 0 Å². The third kappa shape index (κ3) is 8.77. The van der Waals surface area contributed by atoms with Crippen LogP contribution in [0.2, 0.25) is 0 Å². The molecule has 0 bridgehead atoms. The van der Waals surface area contributed by atoms with E-state index in [1.165, 1.54) is 0 Å². The van der Waals surface area contributed by atoms with Crippen molar-refractivity contribution in [2.75, 3.05) is 19.0 Å². The number of hydrogen-bond acceptors (Lipinski definition) is 5. The summed E-state index contributed by atoms with van der Waals surface area (Å²) in [5.74, 6) is -0.211. The van der Waals surface area contributed by atoms with Gasteiger partial charge in [-0.05, 0) is 50.6 Å². The lowest BCUT2D eigenvalue weighted by Crippen LogP contribution is -2.50. The Hall–Kier alpha value is -3.55. The largest absolute Gasteiger partial charge is 0.497 e. The first-order valence-electron chi connectivity index (χ1n) is 9.91. The summed E-state index contributed by atoms with van der Waals surface area (Å²) in [4.78, 5) is 37.1. The van der Waals surface area contributed by atoms with Crippen molar-refractivity contribution < 1.29 is 23.9 Å². The number of nitrogens with one attached hydrogen (secondary N) is 3. The van der Waals surface area contributed by atoms with E-state index in [0.29, 0.717) is 11.4 Å². The van der Waals surface area contributed by atoms with E-state index in [9.17, 15) is 14.4 Å². The van der Waals surface area contributed by atoms with Crippen molar-refractivity contribution in [3.63, 3.8) is 0 Å². The second-order valence-corrected chi connectivity index (χ2v) is 7.88. The van der Waals surface area contributed by atoms with Gasteiger partial charge in [0.2, 0.25) is 11.8 Å². The lowest BCUT2D eigenvalue weighted by Gasteiger charge is -2.23. The van der Waals surface area contributed by atoms with Gasteiger partial charge in [0, 0.05) is 12.1 Å². The molecule has 0 fully saturated rings. The zero-order valence-electron chi connectivity index (χ0n) is 18.2. The Kier molecular flexibility index (Phi) is 8.43. The molecule has 2 rings (SSSR count). The zero-order chi connectivity index (χ0) is 22.9. The van der Waals surface area contributed by atoms with Crippen molar-refractivity contribution in [2.45, 2.75) is 38.8 Å². The number of anilines is 1. The van der Waals surface area contributed by atoms with Gasteiger partial charge in [0.1, 0.15) is 17.4 Å². The van der Waals surface area contributed by atoms with E-state index < -0.39 is 29.6 Å². The summed E-state index contributed by atoms with van der Waals surface area (Å²) in [7, 11) is 1.56. The van der Waals surface area contributed by atoms with Gasteiger partial charge in [-0.3, -0.25) is 9.59 Å². The highest BCUT2D eigenvalue weighted by Crippen LogP contribution is 2.14. The van der Waals surface area contributed by atoms with Crippen LogP contribution in [0.4, 0.5) is 10.5 Å². The molecular weight excluding hydrogens is 398 g/mol. The van der Waals surface area contributed by atoms with E-state index in [1.54, 1.807) is 52.1 Å². The van der Waals surface area contributed by atoms with Crippen molar-refractivity contribution >= 4 is 23.6 Å². The molecule has 0 heterocycles. The predicted molar refractivity (Wildman–Crippen MR) is 118 cm³/mol. The SMILES string of the molecule is COc1ccc(NC(=O)CNC(=O)[C@H](Cc2ccccc2)NC(=O)OC(C)(C)C)cc1. The molecule has 2 aromatic rings. The van der Waals surface area contributed by atoms with Crippen LogP contribution in [-0.4, -0.2) is 43.2 Å². The molecule has 3 N–H and O–H groups in total. The summed E-state index contributed by atoms with van der Waals surface area (Å²) in [6.07, 6.45) is -0.447. The minimum Gasteiger partial charge on any atom is -0.497 e. The zero-order valence-corrected chi connectivity index (χ0v) is 18.2. The maximum absolute atomic E-state index is 12.7. The third-order valence-electron chi connectivity index (χ3n) is 4.09. The monoisotopic (exact) mass is 427 g/mol. The van der Waals surface area contributed by atoms with Crippen LogP contribution < -0.4 is 20.7 Å². The fourth-order valence-corrected chi connectivity index (χ4v) is 2.68. The van der Waals surface area contributed by atoms with Crippen LogP contribution >= 0.6 is 0 Å². The van der Waals surface area contributed by atoms with Gasteiger partial charge < -0.3 is 25.4 Å². The fourth-order valence-electron chi connectivity index (χ4n) is 2.68. The molecule has 0 spiro atoms. The van der Waals surface area contributed by atoms with E-state index in [4.69, 9.17) is 9.47 Å². The molecule has 8 nitrogen and oxygen atoms in total. The third-order valence-corrected chi connectivity index (χ3v) is 4.09. The van der Waals surface area contributed by atoms with E-state index in [-0.39, 0.29) is 13.0 Å². The summed E-state index contributed by atoms with van der Waals surface area (Å²) in [6, 6.07) is 15.2. The second-order valence-electron chi connectivity index (χ2n) is 7.88. The summed E-state index contributed by atoms with van der Waals surface area (Å²) in [5, 5.41) is 7.84. The Balaban J connectivity index is 1.96. The molecule has 0 aliphatic heterocycles. The van der Waals surface area contributed by atoms with E-state index in [1.807, 2.05) is 30.3 Å². The van der Waals surface area contributed by atoms with Gasteiger partial charge in [0.15, 0.2) is 0 Å². The number of alkyl carbamates (subject to hydrolysis) is 1. The minimum absolute atomic E-state index is 0.244. The van der Waals surface area contributed by atoms with Crippen molar-refractivity contribution in [3.05, 3.63) is 60.2 Å². The van der Waals surface area contributed by atoms with Crippen LogP contribution in [0.25, 0.3) is 0 Å². The molecule has 31 heavy (non-hydrogen) atoms. The molecule has 0 aromatic heterocycles. The Bertz CT molecular complexity index is 876. The van der Waals surface area contributed by atoms with E-state index in [0.717, 1.165) is 5.56 Å². The number of amides is 3. The Morgan fingerprint density at radius 3 is 2.19 bits per heavy atom. The van der Waals surface area contributed by atoms with Gasteiger partial charge in [-0.25, -0.2) is 4.79 Å². The quantitative estimate of drug-likeness (QED) is 0.601. The molecule has 0 unspecified atom stereocenters. The van der Waals surface area contributed by atoms with Crippen molar-refractivity contribution in [3.8, 4) is 5.75 Å². The van der Waals surface area contributed by atoms with Gasteiger partial charge in [-0.15, -0.1) is 0 Å². The second kappa shape index (κ2) is 11.0. The number of benzene rings is 2. The Morgan fingerprint density at radius 1 is 0.968 bits per heavy atom. The number of rotatable bonds is 8. The molecule has 0 aliphatic rings. The van der Waals surface area contributed by atoms with Crippen LogP contribution in [0.5, 0.6) is 5.75 Å². The first-order valence-corrected chi connectivity index (χ1v) is 9.91. The van der Waals surface area contributed by atoms with Crippen molar-refractivity contribution in [1.29, 1.82) is 0 Å². The molecular formula is C23H29N3O5. The van der Waals surface area contributed by atoms with Crippen molar-refractivity contribution in [2.24, 2.45) is 0 Å². The van der Waals surface area contributed by atoms with E-state index in [2.05, 4.69) is 16.0 Å². The molecule has 0 aliphatic carbocycles. The van der Waals surface area contributed by atoms with Gasteiger partial charge in [-0.2, -0.15) is 0 Å². The highest BCUT2D eigenvalue weighted by molar-refractivity contribution is 5.95. The maximum Gasteiger partial charge on any atom is 0.408 e. The molecule has 2 aromatic carbocycles. The molecule has 0 radical (unpaired) electrons. The molecule has 0 saturated carbocycles. The van der Waals surface area contributed by atoms with Gasteiger partial charge >= 0.3 is 6.09 Å². The minimum atomic E-state index is -0.897. The van der Waals surface area contributed by atoms with Crippen LogP contribution in [0, 0.1) is 0 Å². The average molecular weight is 428 g/mol. The first kappa shape index (κ1) is 23.7. The standard InChI is InChI=1S/C23H29N3O5/c1-23(2,3)31-22(29)26-19(14-16-8-6-5-7-9-16)21(28)24-15-20(27)25-17-10-12-18(30-4)13-11-17/h5-13,19H,14-15H2,1-4H3,(H,24,28)(H,25,27)(H,26,29)/t19-/m0/s1. The topological polar surface area (TPSA) is 106 Å². The predicted octanol–water partition coefficient (Wildman–Crippen LogP) is 2.89. The Labute approximate surface area is 182 Å².